The average Bonchev–Trinajstić information content (AvgIpc) is 2.89. The first-order valence-electron chi connectivity index (χ1n) is 5.84. The van der Waals surface area contributed by atoms with Crippen LogP contribution in [0.4, 0.5) is 4.39 Å². The van der Waals surface area contributed by atoms with E-state index in [4.69, 9.17) is 0 Å². The molecule has 2 rings (SSSR count). The molecule has 0 aliphatic rings. The zero-order valence-corrected chi connectivity index (χ0v) is 13.0. The van der Waals surface area contributed by atoms with E-state index in [0.717, 1.165) is 8.66 Å². The van der Waals surface area contributed by atoms with Crippen LogP contribution in [0.15, 0.2) is 46.3 Å². The van der Waals surface area contributed by atoms with Gasteiger partial charge in [-0.2, -0.15) is 0 Å². The lowest BCUT2D eigenvalue weighted by molar-refractivity contribution is -0.117. The molecule has 0 spiro atoms. The first kappa shape index (κ1) is 15.4. The molecule has 1 heterocycles. The van der Waals surface area contributed by atoms with Gasteiger partial charge in [0.05, 0.1) is 3.79 Å². The van der Waals surface area contributed by atoms with Crippen molar-refractivity contribution >= 4 is 45.2 Å². The fraction of sp³-hybridized carbons (Fsp3) is 0. The minimum absolute atomic E-state index is 0.253. The zero-order valence-electron chi connectivity index (χ0n) is 10.6. The molecule has 0 radical (unpaired) electrons. The minimum atomic E-state index is -0.518. The lowest BCUT2D eigenvalue weighted by Crippen LogP contribution is -2.40. The third-order valence-electron chi connectivity index (χ3n) is 2.40. The maximum absolute atomic E-state index is 12.7. The molecule has 2 aromatic rings. The van der Waals surface area contributed by atoms with Gasteiger partial charge in [-0.05, 0) is 58.4 Å². The van der Waals surface area contributed by atoms with Crippen LogP contribution in [0.2, 0.25) is 0 Å². The number of carbonyl (C=O) groups excluding carboxylic acids is 2. The van der Waals surface area contributed by atoms with E-state index in [1.165, 1.54) is 41.7 Å². The molecule has 2 amide bonds. The summed E-state index contributed by atoms with van der Waals surface area (Å²) >= 11 is 4.80. The Balaban J connectivity index is 1.85. The summed E-state index contributed by atoms with van der Waals surface area (Å²) in [5, 5.41) is 0. The largest absolute Gasteiger partial charge is 0.269 e. The molecule has 108 valence electrons. The van der Waals surface area contributed by atoms with Crippen molar-refractivity contribution in [2.24, 2.45) is 0 Å². The van der Waals surface area contributed by atoms with Crippen molar-refractivity contribution in [2.45, 2.75) is 0 Å². The van der Waals surface area contributed by atoms with E-state index in [9.17, 15) is 14.0 Å². The number of amides is 2. The highest BCUT2D eigenvalue weighted by molar-refractivity contribution is 9.11. The van der Waals surface area contributed by atoms with Gasteiger partial charge >= 0.3 is 0 Å². The number of hydrazine groups is 1. The molecule has 0 unspecified atom stereocenters. The van der Waals surface area contributed by atoms with Crippen molar-refractivity contribution in [3.63, 3.8) is 0 Å². The highest BCUT2D eigenvalue weighted by atomic mass is 79.9. The highest BCUT2D eigenvalue weighted by Gasteiger charge is 2.05. The number of nitrogens with one attached hydrogen (secondary N) is 2. The lowest BCUT2D eigenvalue weighted by Gasteiger charge is -2.04. The van der Waals surface area contributed by atoms with Gasteiger partial charge < -0.3 is 0 Å². The maximum Gasteiger partial charge on any atom is 0.269 e. The molecular formula is C14H10BrFN2O2S. The van der Waals surface area contributed by atoms with E-state index < -0.39 is 17.6 Å². The Labute approximate surface area is 132 Å². The predicted octanol–water partition coefficient (Wildman–Crippen LogP) is 3.12. The quantitative estimate of drug-likeness (QED) is 0.645. The average molecular weight is 369 g/mol. The van der Waals surface area contributed by atoms with Gasteiger partial charge in [-0.15, -0.1) is 11.3 Å². The van der Waals surface area contributed by atoms with E-state index >= 15 is 0 Å². The summed E-state index contributed by atoms with van der Waals surface area (Å²) in [6.07, 6.45) is 2.94. The van der Waals surface area contributed by atoms with Gasteiger partial charge in [-0.3, -0.25) is 20.4 Å². The highest BCUT2D eigenvalue weighted by Crippen LogP contribution is 2.22. The molecule has 2 N–H and O–H groups in total. The van der Waals surface area contributed by atoms with E-state index in [0.29, 0.717) is 0 Å². The van der Waals surface area contributed by atoms with Gasteiger partial charge in [0.25, 0.3) is 11.8 Å². The molecule has 1 aromatic carbocycles. The molecule has 0 atom stereocenters. The molecule has 7 heteroatoms. The standard InChI is InChI=1S/C14H10BrFN2O2S/c15-12-7-5-11(21-12)6-8-13(19)17-18-14(20)9-1-3-10(16)4-2-9/h1-8H,(H,17,19)(H,18,20). The number of thiophene rings is 1. The third-order valence-corrected chi connectivity index (χ3v) is 3.99. The van der Waals surface area contributed by atoms with E-state index in [2.05, 4.69) is 26.8 Å². The van der Waals surface area contributed by atoms with Gasteiger partial charge in [0.1, 0.15) is 5.82 Å². The van der Waals surface area contributed by atoms with Crippen LogP contribution in [0, 0.1) is 5.82 Å². The number of benzene rings is 1. The van der Waals surface area contributed by atoms with Gasteiger partial charge in [0.2, 0.25) is 0 Å². The molecule has 21 heavy (non-hydrogen) atoms. The minimum Gasteiger partial charge on any atom is -0.268 e. The van der Waals surface area contributed by atoms with Crippen molar-refractivity contribution in [3.05, 3.63) is 62.5 Å². The SMILES string of the molecule is O=C(C=Cc1ccc(Br)s1)NNC(=O)c1ccc(F)cc1. The van der Waals surface area contributed by atoms with Crippen LogP contribution in [0.3, 0.4) is 0 Å². The van der Waals surface area contributed by atoms with Crippen molar-refractivity contribution in [3.8, 4) is 0 Å². The number of hydrogen-bond acceptors (Lipinski definition) is 3. The lowest BCUT2D eigenvalue weighted by atomic mass is 10.2. The van der Waals surface area contributed by atoms with Crippen LogP contribution in [-0.2, 0) is 4.79 Å². The van der Waals surface area contributed by atoms with Crippen LogP contribution in [0.25, 0.3) is 6.08 Å². The second-order valence-electron chi connectivity index (χ2n) is 3.93. The number of carbonyl (C=O) groups is 2. The summed E-state index contributed by atoms with van der Waals surface area (Å²) in [5.74, 6) is -1.41. The molecule has 0 aliphatic heterocycles. The fourth-order valence-electron chi connectivity index (χ4n) is 1.41. The summed E-state index contributed by atoms with van der Waals surface area (Å²) in [7, 11) is 0. The van der Waals surface area contributed by atoms with Crippen LogP contribution >= 0.6 is 27.3 Å². The molecule has 0 fully saturated rings. The molecular weight excluding hydrogens is 359 g/mol. The molecule has 0 bridgehead atoms. The monoisotopic (exact) mass is 368 g/mol. The number of rotatable bonds is 3. The van der Waals surface area contributed by atoms with Crippen LogP contribution in [0.5, 0.6) is 0 Å². The topological polar surface area (TPSA) is 58.2 Å². The molecule has 0 saturated heterocycles. The second kappa shape index (κ2) is 7.14. The van der Waals surface area contributed by atoms with Crippen LogP contribution in [0.1, 0.15) is 15.2 Å². The first-order valence-corrected chi connectivity index (χ1v) is 7.45. The maximum atomic E-state index is 12.7. The van der Waals surface area contributed by atoms with E-state index in [-0.39, 0.29) is 5.56 Å². The Morgan fingerprint density at radius 3 is 2.43 bits per heavy atom. The molecule has 0 aliphatic carbocycles. The summed E-state index contributed by atoms with van der Waals surface area (Å²) in [5.41, 5.74) is 4.74. The summed E-state index contributed by atoms with van der Waals surface area (Å²) in [4.78, 5) is 24.1. The third kappa shape index (κ3) is 4.80. The molecule has 0 saturated carbocycles. The summed E-state index contributed by atoms with van der Waals surface area (Å²) in [6, 6.07) is 8.73. The Kier molecular flexibility index (Phi) is 5.24. The van der Waals surface area contributed by atoms with Gasteiger partial charge in [-0.1, -0.05) is 0 Å². The summed E-state index contributed by atoms with van der Waals surface area (Å²) < 4.78 is 13.7. The van der Waals surface area contributed by atoms with Crippen LogP contribution in [-0.4, -0.2) is 11.8 Å². The number of halogens is 2. The first-order chi connectivity index (χ1) is 10.0. The van der Waals surface area contributed by atoms with Crippen molar-refractivity contribution in [1.82, 2.24) is 10.9 Å². The van der Waals surface area contributed by atoms with Crippen molar-refractivity contribution < 1.29 is 14.0 Å². The predicted molar refractivity (Wildman–Crippen MR) is 83.1 cm³/mol. The van der Waals surface area contributed by atoms with Crippen molar-refractivity contribution in [1.29, 1.82) is 0 Å². The van der Waals surface area contributed by atoms with Gasteiger partial charge in [0, 0.05) is 16.5 Å². The Hall–Kier alpha value is -1.99. The Morgan fingerprint density at radius 2 is 1.81 bits per heavy atom. The van der Waals surface area contributed by atoms with Crippen LogP contribution < -0.4 is 10.9 Å². The van der Waals surface area contributed by atoms with Crippen molar-refractivity contribution in [2.75, 3.05) is 0 Å². The van der Waals surface area contributed by atoms with Gasteiger partial charge in [0.15, 0.2) is 0 Å². The molecule has 1 aromatic heterocycles. The Bertz CT molecular complexity index is 683. The normalized spacial score (nSPS) is 10.6. The zero-order chi connectivity index (χ0) is 15.2. The Morgan fingerprint density at radius 1 is 1.10 bits per heavy atom. The summed E-state index contributed by atoms with van der Waals surface area (Å²) in [6.45, 7) is 0. The molecule has 4 nitrogen and oxygen atoms in total. The van der Waals surface area contributed by atoms with E-state index in [1.807, 2.05) is 12.1 Å². The smallest absolute Gasteiger partial charge is 0.268 e. The van der Waals surface area contributed by atoms with Gasteiger partial charge in [-0.25, -0.2) is 4.39 Å². The fourth-order valence-corrected chi connectivity index (χ4v) is 2.74. The van der Waals surface area contributed by atoms with E-state index in [1.54, 1.807) is 6.08 Å². The number of hydrogen-bond donors (Lipinski definition) is 2. The second-order valence-corrected chi connectivity index (χ2v) is 6.42.